The lowest BCUT2D eigenvalue weighted by molar-refractivity contribution is -0.0667. The Bertz CT molecular complexity index is 388. The van der Waals surface area contributed by atoms with Crippen molar-refractivity contribution in [2.45, 2.75) is 49.5 Å². The van der Waals surface area contributed by atoms with Gasteiger partial charge in [0, 0.05) is 0 Å². The maximum Gasteiger partial charge on any atom is 0.126 e. The highest BCUT2D eigenvalue weighted by atomic mass is 19.1. The molecule has 3 aliphatic rings. The molecule has 0 aromatic heterocycles. The molecule has 3 saturated carbocycles. The van der Waals surface area contributed by atoms with Gasteiger partial charge in [0.05, 0.1) is 5.60 Å². The molecule has 1 aromatic carbocycles. The Morgan fingerprint density at radius 1 is 0.938 bits per heavy atom. The van der Waals surface area contributed by atoms with Gasteiger partial charge in [-0.05, 0) is 55.6 Å². The van der Waals surface area contributed by atoms with E-state index in [1.54, 1.807) is 12.1 Å². The van der Waals surface area contributed by atoms with Gasteiger partial charge in [-0.1, -0.05) is 18.2 Å². The number of rotatable bonds is 1. The third-order valence-corrected chi connectivity index (χ3v) is 4.65. The molecule has 0 aliphatic heterocycles. The lowest BCUT2D eigenvalue weighted by Gasteiger charge is -2.51. The molecule has 2 heteroatoms. The third kappa shape index (κ3) is 1.40. The van der Waals surface area contributed by atoms with Crippen LogP contribution in [0.2, 0.25) is 0 Å². The zero-order chi connectivity index (χ0) is 11.2. The van der Waals surface area contributed by atoms with Crippen LogP contribution in [-0.4, -0.2) is 10.7 Å². The number of hydrogen-bond donors (Lipinski definition) is 1. The average molecular weight is 220 g/mol. The Kier molecular flexibility index (Phi) is 2.12. The van der Waals surface area contributed by atoms with Crippen LogP contribution in [0.5, 0.6) is 0 Å². The molecule has 4 rings (SSSR count). The van der Waals surface area contributed by atoms with Gasteiger partial charge in [-0.3, -0.25) is 0 Å². The molecule has 86 valence electrons. The largest absolute Gasteiger partial charge is 0.390 e. The van der Waals surface area contributed by atoms with E-state index in [1.807, 2.05) is 12.1 Å². The Balaban J connectivity index is 1.99. The van der Waals surface area contributed by atoms with Crippen molar-refractivity contribution in [3.63, 3.8) is 0 Å². The molecule has 0 spiro atoms. The minimum atomic E-state index is -0.437. The van der Waals surface area contributed by atoms with Gasteiger partial charge in [0.25, 0.3) is 0 Å². The molecule has 3 fully saturated rings. The van der Waals surface area contributed by atoms with Crippen molar-refractivity contribution >= 4 is 0 Å². The zero-order valence-corrected chi connectivity index (χ0v) is 9.38. The maximum absolute atomic E-state index is 13.9. The quantitative estimate of drug-likeness (QED) is 0.770. The highest BCUT2D eigenvalue weighted by Crippen LogP contribution is 2.53. The molecule has 0 atom stereocenters. The summed E-state index contributed by atoms with van der Waals surface area (Å²) in [6.07, 6.45) is 5.31. The molecule has 0 saturated heterocycles. The lowest BCUT2D eigenvalue weighted by atomic mass is 9.56. The van der Waals surface area contributed by atoms with Crippen LogP contribution in [0, 0.1) is 5.82 Å². The van der Waals surface area contributed by atoms with Crippen molar-refractivity contribution in [1.29, 1.82) is 0 Å². The summed E-state index contributed by atoms with van der Waals surface area (Å²) in [4.78, 5) is 0. The predicted molar refractivity (Wildman–Crippen MR) is 60.7 cm³/mol. The number of hydrogen-bond acceptors (Lipinski definition) is 1. The third-order valence-electron chi connectivity index (χ3n) is 4.65. The summed E-state index contributed by atoms with van der Waals surface area (Å²) in [5.74, 6) is -0.0742. The lowest BCUT2D eigenvalue weighted by Crippen LogP contribution is -2.48. The zero-order valence-electron chi connectivity index (χ0n) is 9.38. The first-order valence-corrected chi connectivity index (χ1v) is 6.11. The summed E-state index contributed by atoms with van der Waals surface area (Å²) in [5.41, 5.74) is 0.444. The summed E-state index contributed by atoms with van der Waals surface area (Å²) in [6.45, 7) is 0. The Morgan fingerprint density at radius 3 is 2.06 bits per heavy atom. The van der Waals surface area contributed by atoms with Crippen LogP contribution < -0.4 is 0 Å². The fourth-order valence-electron chi connectivity index (χ4n) is 3.46. The fraction of sp³-hybridized carbons (Fsp3) is 0.571. The molecule has 16 heavy (non-hydrogen) atoms. The first-order chi connectivity index (χ1) is 7.64. The van der Waals surface area contributed by atoms with Gasteiger partial charge in [0.2, 0.25) is 0 Å². The molecule has 0 amide bonds. The van der Waals surface area contributed by atoms with Crippen LogP contribution in [0.1, 0.15) is 44.1 Å². The van der Waals surface area contributed by atoms with Crippen LogP contribution in [0.3, 0.4) is 0 Å². The second-order valence-electron chi connectivity index (χ2n) is 5.48. The summed E-state index contributed by atoms with van der Waals surface area (Å²) in [7, 11) is 0. The summed E-state index contributed by atoms with van der Waals surface area (Å²) < 4.78 is 13.9. The molecular weight excluding hydrogens is 203 g/mol. The van der Waals surface area contributed by atoms with Crippen LogP contribution >= 0.6 is 0 Å². The van der Waals surface area contributed by atoms with Crippen LogP contribution in [0.15, 0.2) is 24.3 Å². The van der Waals surface area contributed by atoms with Gasteiger partial charge in [-0.2, -0.15) is 0 Å². The fourth-order valence-corrected chi connectivity index (χ4v) is 3.46. The summed E-state index contributed by atoms with van der Waals surface area (Å²) in [5, 5.41) is 10.2. The minimum absolute atomic E-state index is 0.00975. The molecule has 0 heterocycles. The number of halogens is 1. The van der Waals surface area contributed by atoms with Gasteiger partial charge >= 0.3 is 0 Å². The number of aliphatic hydroxyl groups is 1. The van der Waals surface area contributed by atoms with Crippen molar-refractivity contribution in [1.82, 2.24) is 0 Å². The van der Waals surface area contributed by atoms with Crippen molar-refractivity contribution in [2.75, 3.05) is 0 Å². The van der Waals surface area contributed by atoms with E-state index < -0.39 is 5.60 Å². The van der Waals surface area contributed by atoms with Gasteiger partial charge in [-0.25, -0.2) is 4.39 Å². The molecule has 1 aromatic rings. The monoisotopic (exact) mass is 220 g/mol. The molecule has 0 radical (unpaired) electrons. The normalized spacial score (nSPS) is 37.6. The van der Waals surface area contributed by atoms with E-state index in [0.717, 1.165) is 44.1 Å². The topological polar surface area (TPSA) is 20.2 Å². The maximum atomic E-state index is 13.9. The first kappa shape index (κ1) is 10.3. The first-order valence-electron chi connectivity index (χ1n) is 6.11. The van der Waals surface area contributed by atoms with Gasteiger partial charge < -0.3 is 5.11 Å². The SMILES string of the molecule is OC12CCC(c3ccccc3F)(CC1)CC2. The van der Waals surface area contributed by atoms with Crippen molar-refractivity contribution in [3.05, 3.63) is 35.6 Å². The van der Waals surface area contributed by atoms with E-state index in [1.165, 1.54) is 0 Å². The van der Waals surface area contributed by atoms with Crippen LogP contribution in [0.4, 0.5) is 4.39 Å². The number of benzene rings is 1. The van der Waals surface area contributed by atoms with E-state index >= 15 is 0 Å². The molecule has 0 unspecified atom stereocenters. The van der Waals surface area contributed by atoms with Crippen molar-refractivity contribution in [3.8, 4) is 0 Å². The second kappa shape index (κ2) is 3.30. The van der Waals surface area contributed by atoms with Crippen LogP contribution in [-0.2, 0) is 5.41 Å². The molecular formula is C14H17FO. The van der Waals surface area contributed by atoms with Gasteiger partial charge in [0.15, 0.2) is 0 Å². The molecule has 1 N–H and O–H groups in total. The Labute approximate surface area is 95.3 Å². The highest BCUT2D eigenvalue weighted by Gasteiger charge is 2.49. The van der Waals surface area contributed by atoms with E-state index in [2.05, 4.69) is 0 Å². The molecule has 2 bridgehead atoms. The smallest absolute Gasteiger partial charge is 0.126 e. The molecule has 1 nitrogen and oxygen atoms in total. The average Bonchev–Trinajstić information content (AvgIpc) is 2.31. The van der Waals surface area contributed by atoms with E-state index in [9.17, 15) is 9.50 Å². The minimum Gasteiger partial charge on any atom is -0.390 e. The summed E-state index contributed by atoms with van der Waals surface area (Å²) >= 11 is 0. The van der Waals surface area contributed by atoms with E-state index in [0.29, 0.717) is 0 Å². The number of fused-ring (bicyclic) bond motifs is 3. The van der Waals surface area contributed by atoms with Gasteiger partial charge in [-0.15, -0.1) is 0 Å². The summed E-state index contributed by atoms with van der Waals surface area (Å²) in [6, 6.07) is 7.14. The predicted octanol–water partition coefficient (Wildman–Crippen LogP) is 3.16. The Morgan fingerprint density at radius 2 is 1.50 bits per heavy atom. The van der Waals surface area contributed by atoms with Crippen molar-refractivity contribution in [2.24, 2.45) is 0 Å². The van der Waals surface area contributed by atoms with Crippen molar-refractivity contribution < 1.29 is 9.50 Å². The second-order valence-corrected chi connectivity index (χ2v) is 5.48. The molecule has 3 aliphatic carbocycles. The Hall–Kier alpha value is -0.890. The van der Waals surface area contributed by atoms with E-state index in [-0.39, 0.29) is 11.2 Å². The van der Waals surface area contributed by atoms with Gasteiger partial charge in [0.1, 0.15) is 5.82 Å². The highest BCUT2D eigenvalue weighted by molar-refractivity contribution is 5.30. The standard InChI is InChI=1S/C14H17FO/c15-12-4-2-1-3-11(12)13-5-8-14(16,9-6-13)10-7-13/h1-4,16H,5-10H2. The van der Waals surface area contributed by atoms with Crippen LogP contribution in [0.25, 0.3) is 0 Å². The van der Waals surface area contributed by atoms with E-state index in [4.69, 9.17) is 0 Å².